The fourth-order valence-electron chi connectivity index (χ4n) is 4.44. The van der Waals surface area contributed by atoms with Crippen LogP contribution < -0.4 is 29.3 Å². The van der Waals surface area contributed by atoms with Gasteiger partial charge in [-0.2, -0.15) is 4.98 Å². The van der Waals surface area contributed by atoms with Gasteiger partial charge in [0.15, 0.2) is 11.5 Å². The molecule has 11 nitrogen and oxygen atoms in total. The van der Waals surface area contributed by atoms with Gasteiger partial charge in [0.1, 0.15) is 11.6 Å². The zero-order valence-electron chi connectivity index (χ0n) is 24.0. The average Bonchev–Trinajstić information content (AvgIpc) is 2.97. The van der Waals surface area contributed by atoms with Gasteiger partial charge in [0, 0.05) is 56.9 Å². The summed E-state index contributed by atoms with van der Waals surface area (Å²) in [7, 11) is 8.87. The molecule has 0 saturated carbocycles. The lowest BCUT2D eigenvalue weighted by Gasteiger charge is -2.36. The molecule has 1 fully saturated rings. The molecule has 0 atom stereocenters. The Morgan fingerprint density at radius 1 is 0.950 bits per heavy atom. The van der Waals surface area contributed by atoms with Crippen molar-refractivity contribution in [2.75, 3.05) is 89.7 Å². The van der Waals surface area contributed by atoms with Gasteiger partial charge in [0.25, 0.3) is 0 Å². The van der Waals surface area contributed by atoms with Gasteiger partial charge in [-0.25, -0.2) is 9.78 Å². The summed E-state index contributed by atoms with van der Waals surface area (Å²) in [6.07, 6.45) is 2.16. The summed E-state index contributed by atoms with van der Waals surface area (Å²) < 4.78 is 16.1. The second-order valence-corrected chi connectivity index (χ2v) is 9.84. The highest BCUT2D eigenvalue weighted by Crippen LogP contribution is 2.32. The number of anilines is 4. The number of benzene rings is 2. The smallest absolute Gasteiger partial charge is 0.420 e. The summed E-state index contributed by atoms with van der Waals surface area (Å²) in [5.41, 5.74) is 2.05. The van der Waals surface area contributed by atoms with Crippen LogP contribution in [0.1, 0.15) is 6.42 Å². The third kappa shape index (κ3) is 7.73. The molecule has 0 unspecified atom stereocenters. The quantitative estimate of drug-likeness (QED) is 0.379. The standard InChI is InChI=1S/C29H39N7O4/c1-33(2)15-6-16-35-17-19-36(20-18-35)23-9-7-22(8-10-23)31-28-30-14-13-27(32-28)34(3)29(37)40-26-21-24(38-4)11-12-25(26)39-5/h7-14,21H,6,15-20H2,1-5H3,(H,30,31,32). The van der Waals surface area contributed by atoms with Crippen molar-refractivity contribution < 1.29 is 19.0 Å². The number of hydrogen-bond donors (Lipinski definition) is 1. The average molecular weight is 550 g/mol. The van der Waals surface area contributed by atoms with Crippen LogP contribution in [0.4, 0.5) is 27.9 Å². The number of methoxy groups -OCH3 is 2. The first-order valence-corrected chi connectivity index (χ1v) is 13.4. The Kier molecular flexibility index (Phi) is 9.98. The molecule has 1 aromatic heterocycles. The molecule has 0 aliphatic carbocycles. The zero-order chi connectivity index (χ0) is 28.5. The van der Waals surface area contributed by atoms with Crippen LogP contribution in [-0.2, 0) is 0 Å². The van der Waals surface area contributed by atoms with E-state index in [4.69, 9.17) is 14.2 Å². The second-order valence-electron chi connectivity index (χ2n) is 9.84. The second kappa shape index (κ2) is 13.8. The van der Waals surface area contributed by atoms with Crippen molar-refractivity contribution in [3.05, 3.63) is 54.7 Å². The summed E-state index contributed by atoms with van der Waals surface area (Å²) in [5, 5.41) is 3.22. The largest absolute Gasteiger partial charge is 0.497 e. The van der Waals surface area contributed by atoms with Gasteiger partial charge in [-0.1, -0.05) is 0 Å². The van der Waals surface area contributed by atoms with E-state index in [2.05, 4.69) is 56.2 Å². The van der Waals surface area contributed by atoms with Crippen molar-refractivity contribution >= 4 is 29.2 Å². The lowest BCUT2D eigenvalue weighted by Crippen LogP contribution is -2.46. The molecule has 0 radical (unpaired) electrons. The topological polar surface area (TPSA) is 95.5 Å². The van der Waals surface area contributed by atoms with Gasteiger partial charge < -0.3 is 29.3 Å². The maximum absolute atomic E-state index is 12.9. The predicted octanol–water partition coefficient (Wildman–Crippen LogP) is 3.95. The van der Waals surface area contributed by atoms with E-state index in [-0.39, 0.29) is 5.75 Å². The molecule has 2 heterocycles. The number of ether oxygens (including phenoxy) is 3. The normalized spacial score (nSPS) is 13.7. The van der Waals surface area contributed by atoms with E-state index in [0.717, 1.165) is 45.0 Å². The van der Waals surface area contributed by atoms with Crippen molar-refractivity contribution in [1.82, 2.24) is 19.8 Å². The van der Waals surface area contributed by atoms with Crippen LogP contribution in [-0.4, -0.2) is 100 Å². The lowest BCUT2D eigenvalue weighted by atomic mass is 10.2. The summed E-state index contributed by atoms with van der Waals surface area (Å²) >= 11 is 0. The van der Waals surface area contributed by atoms with Gasteiger partial charge >= 0.3 is 6.09 Å². The van der Waals surface area contributed by atoms with Crippen LogP contribution in [0.3, 0.4) is 0 Å². The Bertz CT molecular complexity index is 1250. The minimum atomic E-state index is -0.627. The number of carbonyl (C=O) groups is 1. The molecule has 40 heavy (non-hydrogen) atoms. The fourth-order valence-corrected chi connectivity index (χ4v) is 4.44. The SMILES string of the molecule is COc1ccc(OC)c(OC(=O)N(C)c2ccnc(Nc3ccc(N4CCN(CCCN(C)C)CC4)cc3)n2)c1. The van der Waals surface area contributed by atoms with Crippen LogP contribution >= 0.6 is 0 Å². The first-order chi connectivity index (χ1) is 19.4. The van der Waals surface area contributed by atoms with Gasteiger partial charge in [-0.05, 0) is 76.1 Å². The van der Waals surface area contributed by atoms with Gasteiger partial charge in [0.05, 0.1) is 14.2 Å². The number of nitrogens with one attached hydrogen (secondary N) is 1. The van der Waals surface area contributed by atoms with Crippen molar-refractivity contribution in [2.45, 2.75) is 6.42 Å². The highest BCUT2D eigenvalue weighted by atomic mass is 16.6. The van der Waals surface area contributed by atoms with Crippen LogP contribution in [0.5, 0.6) is 17.2 Å². The molecule has 2 aromatic carbocycles. The first kappa shape index (κ1) is 28.9. The summed E-state index contributed by atoms with van der Waals surface area (Å²) in [5.74, 6) is 1.96. The van der Waals surface area contributed by atoms with E-state index in [0.29, 0.717) is 23.3 Å². The molecule has 1 aliphatic heterocycles. The van der Waals surface area contributed by atoms with Crippen molar-refractivity contribution in [1.29, 1.82) is 0 Å². The minimum Gasteiger partial charge on any atom is -0.497 e. The van der Waals surface area contributed by atoms with E-state index in [9.17, 15) is 4.79 Å². The van der Waals surface area contributed by atoms with Gasteiger partial charge in [0.2, 0.25) is 5.95 Å². The fraction of sp³-hybridized carbons (Fsp3) is 0.414. The highest BCUT2D eigenvalue weighted by molar-refractivity contribution is 5.88. The first-order valence-electron chi connectivity index (χ1n) is 13.4. The van der Waals surface area contributed by atoms with Crippen molar-refractivity contribution in [3.8, 4) is 17.2 Å². The van der Waals surface area contributed by atoms with Crippen LogP contribution in [0.25, 0.3) is 0 Å². The molecule has 1 amide bonds. The molecule has 214 valence electrons. The van der Waals surface area contributed by atoms with E-state index >= 15 is 0 Å². The molecule has 3 aromatic rings. The summed E-state index contributed by atoms with van der Waals surface area (Å²) in [6, 6.07) is 14.9. The molecule has 1 aliphatic rings. The molecule has 11 heteroatoms. The van der Waals surface area contributed by atoms with Crippen LogP contribution in [0.15, 0.2) is 54.7 Å². The van der Waals surface area contributed by atoms with E-state index in [1.807, 2.05) is 12.1 Å². The molecule has 4 rings (SSSR count). The Morgan fingerprint density at radius 2 is 1.70 bits per heavy atom. The number of carbonyl (C=O) groups excluding carboxylic acids is 1. The third-order valence-electron chi connectivity index (χ3n) is 6.77. The summed E-state index contributed by atoms with van der Waals surface area (Å²) in [6.45, 7) is 6.47. The van der Waals surface area contributed by atoms with Crippen molar-refractivity contribution in [2.24, 2.45) is 0 Å². The number of rotatable bonds is 11. The van der Waals surface area contributed by atoms with E-state index in [1.165, 1.54) is 31.2 Å². The number of amides is 1. The Labute approximate surface area is 236 Å². The monoisotopic (exact) mass is 549 g/mol. The Morgan fingerprint density at radius 3 is 2.38 bits per heavy atom. The molecule has 0 bridgehead atoms. The van der Waals surface area contributed by atoms with Crippen molar-refractivity contribution in [3.63, 3.8) is 0 Å². The maximum atomic E-state index is 12.9. The molecular weight excluding hydrogens is 510 g/mol. The third-order valence-corrected chi connectivity index (χ3v) is 6.77. The number of hydrogen-bond acceptors (Lipinski definition) is 10. The minimum absolute atomic E-state index is 0.247. The predicted molar refractivity (Wildman–Crippen MR) is 158 cm³/mol. The number of nitrogens with zero attached hydrogens (tertiary/aromatic N) is 6. The Balaban J connectivity index is 1.33. The lowest BCUT2D eigenvalue weighted by molar-refractivity contribution is 0.206. The van der Waals surface area contributed by atoms with Gasteiger partial charge in [-0.3, -0.25) is 9.80 Å². The highest BCUT2D eigenvalue weighted by Gasteiger charge is 2.19. The van der Waals surface area contributed by atoms with Gasteiger partial charge in [-0.15, -0.1) is 0 Å². The molecule has 1 saturated heterocycles. The Hall–Kier alpha value is -4.09. The van der Waals surface area contributed by atoms with Crippen LogP contribution in [0.2, 0.25) is 0 Å². The molecular formula is C29H39N7O4. The number of aromatic nitrogens is 2. The van der Waals surface area contributed by atoms with E-state index < -0.39 is 6.09 Å². The summed E-state index contributed by atoms with van der Waals surface area (Å²) in [4.78, 5) is 30.2. The number of piperazine rings is 1. The van der Waals surface area contributed by atoms with E-state index in [1.54, 1.807) is 37.5 Å². The zero-order valence-corrected chi connectivity index (χ0v) is 24.0. The van der Waals surface area contributed by atoms with Crippen LogP contribution in [0, 0.1) is 0 Å². The molecule has 1 N–H and O–H groups in total. The molecule has 0 spiro atoms. The maximum Gasteiger partial charge on any atom is 0.420 e.